The number of hydrogen-bond acceptors (Lipinski definition) is 4. The van der Waals surface area contributed by atoms with Crippen molar-refractivity contribution in [2.24, 2.45) is 0 Å². The summed E-state index contributed by atoms with van der Waals surface area (Å²) >= 11 is 0. The highest BCUT2D eigenvalue weighted by Gasteiger charge is 2.11. The second kappa shape index (κ2) is 5.44. The van der Waals surface area contributed by atoms with Gasteiger partial charge in [0.2, 0.25) is 0 Å². The van der Waals surface area contributed by atoms with Gasteiger partial charge in [0.1, 0.15) is 0 Å². The van der Waals surface area contributed by atoms with Crippen LogP contribution in [0.15, 0.2) is 24.3 Å². The van der Waals surface area contributed by atoms with Crippen molar-refractivity contribution in [1.82, 2.24) is 9.78 Å². The Morgan fingerprint density at radius 2 is 2.05 bits per heavy atom. The molecule has 0 bridgehead atoms. The number of benzene rings is 1. The molecule has 0 aliphatic heterocycles. The molecule has 19 heavy (non-hydrogen) atoms. The second-order valence-corrected chi connectivity index (χ2v) is 4.32. The quantitative estimate of drug-likeness (QED) is 0.880. The largest absolute Gasteiger partial charge is 0.394 e. The summed E-state index contributed by atoms with van der Waals surface area (Å²) in [6, 6.07) is 9.87. The summed E-state index contributed by atoms with van der Waals surface area (Å²) < 4.78 is 1.84. The molecular formula is C14H17N5. The fourth-order valence-corrected chi connectivity index (χ4v) is 1.89. The number of nitriles is 1. The minimum Gasteiger partial charge on any atom is -0.394 e. The third kappa shape index (κ3) is 2.68. The number of aryl methyl sites for hydroxylation is 2. The number of aromatic nitrogens is 2. The van der Waals surface area contributed by atoms with Crippen LogP contribution in [-0.4, -0.2) is 9.78 Å². The minimum atomic E-state index is 0.425. The lowest BCUT2D eigenvalue weighted by Crippen LogP contribution is -2.04. The van der Waals surface area contributed by atoms with E-state index in [2.05, 4.69) is 16.5 Å². The fourth-order valence-electron chi connectivity index (χ4n) is 1.89. The summed E-state index contributed by atoms with van der Waals surface area (Å²) in [5.41, 5.74) is 9.44. The maximum Gasteiger partial charge on any atom is 0.152 e. The average molecular weight is 255 g/mol. The zero-order valence-electron chi connectivity index (χ0n) is 11.1. The van der Waals surface area contributed by atoms with Gasteiger partial charge in [-0.1, -0.05) is 12.1 Å². The van der Waals surface area contributed by atoms with Crippen molar-refractivity contribution in [1.29, 1.82) is 5.26 Å². The summed E-state index contributed by atoms with van der Waals surface area (Å²) in [6.07, 6.45) is 0.425. The molecule has 1 heterocycles. The van der Waals surface area contributed by atoms with Gasteiger partial charge in [-0.3, -0.25) is 0 Å². The van der Waals surface area contributed by atoms with E-state index in [0.29, 0.717) is 12.1 Å². The number of hydrogen-bond donors (Lipinski definition) is 2. The van der Waals surface area contributed by atoms with Crippen LogP contribution in [0.25, 0.3) is 0 Å². The van der Waals surface area contributed by atoms with Gasteiger partial charge < -0.3 is 11.1 Å². The molecule has 0 fully saturated rings. The molecule has 1 aromatic heterocycles. The molecule has 1 aromatic carbocycles. The topological polar surface area (TPSA) is 79.7 Å². The number of anilines is 3. The van der Waals surface area contributed by atoms with Crippen LogP contribution < -0.4 is 11.1 Å². The highest BCUT2D eigenvalue weighted by molar-refractivity contribution is 5.71. The molecule has 0 amide bonds. The lowest BCUT2D eigenvalue weighted by atomic mass is 10.1. The van der Waals surface area contributed by atoms with Crippen molar-refractivity contribution in [3.63, 3.8) is 0 Å². The van der Waals surface area contributed by atoms with Crippen LogP contribution in [0.5, 0.6) is 0 Å². The molecule has 0 aliphatic rings. The first-order valence-corrected chi connectivity index (χ1v) is 6.21. The average Bonchev–Trinajstić information content (AvgIpc) is 2.69. The summed E-state index contributed by atoms with van der Waals surface area (Å²) in [7, 11) is 0. The lowest BCUT2D eigenvalue weighted by molar-refractivity contribution is 0.661. The molecule has 0 spiro atoms. The number of rotatable bonds is 4. The van der Waals surface area contributed by atoms with Gasteiger partial charge in [0.05, 0.1) is 23.9 Å². The van der Waals surface area contributed by atoms with E-state index < -0.39 is 0 Å². The Morgan fingerprint density at radius 3 is 2.63 bits per heavy atom. The second-order valence-electron chi connectivity index (χ2n) is 4.32. The van der Waals surface area contributed by atoms with Crippen molar-refractivity contribution in [3.05, 3.63) is 35.5 Å². The molecule has 0 atom stereocenters. The first-order valence-electron chi connectivity index (χ1n) is 6.21. The van der Waals surface area contributed by atoms with Crippen LogP contribution in [0.1, 0.15) is 18.2 Å². The van der Waals surface area contributed by atoms with Crippen LogP contribution >= 0.6 is 0 Å². The SMILES string of the molecule is CCn1nc(C)c(N)c1Nc1ccc(CC#N)cc1. The van der Waals surface area contributed by atoms with Gasteiger partial charge in [0, 0.05) is 12.2 Å². The molecule has 2 rings (SSSR count). The Labute approximate surface area is 112 Å². The molecule has 0 radical (unpaired) electrons. The number of nitrogens with two attached hydrogens (primary N) is 1. The van der Waals surface area contributed by atoms with E-state index in [4.69, 9.17) is 11.0 Å². The van der Waals surface area contributed by atoms with Crippen LogP contribution in [0.2, 0.25) is 0 Å². The third-order valence-electron chi connectivity index (χ3n) is 2.97. The molecule has 2 aromatic rings. The molecule has 5 nitrogen and oxygen atoms in total. The zero-order valence-corrected chi connectivity index (χ0v) is 11.1. The number of nitrogen functional groups attached to an aromatic ring is 1. The van der Waals surface area contributed by atoms with E-state index in [0.717, 1.165) is 29.3 Å². The summed E-state index contributed by atoms with van der Waals surface area (Å²) in [5.74, 6) is 0.813. The van der Waals surface area contributed by atoms with Crippen LogP contribution in [0, 0.1) is 18.3 Å². The Hall–Kier alpha value is -2.48. The molecule has 0 saturated heterocycles. The Kier molecular flexibility index (Phi) is 3.71. The number of nitrogens with one attached hydrogen (secondary N) is 1. The van der Waals surface area contributed by atoms with Gasteiger partial charge in [-0.05, 0) is 31.5 Å². The first kappa shape index (κ1) is 13.0. The standard InChI is InChI=1S/C14H17N5/c1-3-19-14(13(16)10(2)18-19)17-12-6-4-11(5-7-12)8-9-15/h4-7,17H,3,8,16H2,1-2H3. The maximum atomic E-state index is 8.64. The normalized spacial score (nSPS) is 10.2. The summed E-state index contributed by atoms with van der Waals surface area (Å²) in [5, 5.41) is 16.3. The van der Waals surface area contributed by atoms with Gasteiger partial charge in [-0.25, -0.2) is 4.68 Å². The molecule has 3 N–H and O–H groups in total. The molecule has 5 heteroatoms. The van der Waals surface area contributed by atoms with E-state index in [1.807, 2.05) is 42.8 Å². The van der Waals surface area contributed by atoms with Crippen LogP contribution in [-0.2, 0) is 13.0 Å². The van der Waals surface area contributed by atoms with Gasteiger partial charge in [0.25, 0.3) is 0 Å². The third-order valence-corrected chi connectivity index (χ3v) is 2.97. The van der Waals surface area contributed by atoms with E-state index in [1.165, 1.54) is 0 Å². The molecule has 0 aliphatic carbocycles. The van der Waals surface area contributed by atoms with E-state index >= 15 is 0 Å². The van der Waals surface area contributed by atoms with Gasteiger partial charge in [-0.2, -0.15) is 10.4 Å². The van der Waals surface area contributed by atoms with Gasteiger partial charge in [0.15, 0.2) is 5.82 Å². The Morgan fingerprint density at radius 1 is 1.37 bits per heavy atom. The zero-order chi connectivity index (χ0) is 13.8. The predicted octanol–water partition coefficient (Wildman–Crippen LogP) is 2.60. The van der Waals surface area contributed by atoms with Gasteiger partial charge >= 0.3 is 0 Å². The van der Waals surface area contributed by atoms with Crippen molar-refractivity contribution < 1.29 is 0 Å². The van der Waals surface area contributed by atoms with E-state index in [-0.39, 0.29) is 0 Å². The molecule has 0 unspecified atom stereocenters. The van der Waals surface area contributed by atoms with Crippen molar-refractivity contribution in [3.8, 4) is 6.07 Å². The van der Waals surface area contributed by atoms with Gasteiger partial charge in [-0.15, -0.1) is 0 Å². The molecular weight excluding hydrogens is 238 g/mol. The Bertz CT molecular complexity index is 604. The first-order chi connectivity index (χ1) is 9.15. The van der Waals surface area contributed by atoms with E-state index in [9.17, 15) is 0 Å². The highest BCUT2D eigenvalue weighted by atomic mass is 15.3. The maximum absolute atomic E-state index is 8.64. The van der Waals surface area contributed by atoms with Crippen LogP contribution in [0.4, 0.5) is 17.2 Å². The molecule has 98 valence electrons. The molecule has 0 saturated carbocycles. The van der Waals surface area contributed by atoms with E-state index in [1.54, 1.807) is 0 Å². The fraction of sp³-hybridized carbons (Fsp3) is 0.286. The Balaban J connectivity index is 2.24. The monoisotopic (exact) mass is 255 g/mol. The highest BCUT2D eigenvalue weighted by Crippen LogP contribution is 2.26. The lowest BCUT2D eigenvalue weighted by Gasteiger charge is -2.09. The summed E-state index contributed by atoms with van der Waals surface area (Å²) in [6.45, 7) is 4.67. The predicted molar refractivity (Wildman–Crippen MR) is 76.1 cm³/mol. The van der Waals surface area contributed by atoms with Crippen molar-refractivity contribution in [2.75, 3.05) is 11.1 Å². The van der Waals surface area contributed by atoms with Crippen molar-refractivity contribution in [2.45, 2.75) is 26.8 Å². The summed E-state index contributed by atoms with van der Waals surface area (Å²) in [4.78, 5) is 0. The minimum absolute atomic E-state index is 0.425. The van der Waals surface area contributed by atoms with Crippen LogP contribution in [0.3, 0.4) is 0 Å². The number of nitrogens with zero attached hydrogens (tertiary/aromatic N) is 3. The smallest absolute Gasteiger partial charge is 0.152 e. The van der Waals surface area contributed by atoms with Crippen molar-refractivity contribution >= 4 is 17.2 Å².